The molecule has 1 aromatic heterocycles. The third-order valence-corrected chi connectivity index (χ3v) is 1.90. The first kappa shape index (κ1) is 12.6. The summed E-state index contributed by atoms with van der Waals surface area (Å²) in [7, 11) is 0. The number of pyridine rings is 1. The molecule has 0 saturated carbocycles. The number of aromatic nitrogens is 1. The highest BCUT2D eigenvalue weighted by Gasteiger charge is 2.32. The van der Waals surface area contributed by atoms with Gasteiger partial charge in [0.1, 0.15) is 0 Å². The number of carbonyl (C=O) groups excluding carboxylic acids is 1. The van der Waals surface area contributed by atoms with Gasteiger partial charge in [-0.05, 0) is 11.6 Å². The van der Waals surface area contributed by atoms with Crippen LogP contribution in [0.5, 0.6) is 5.75 Å². The third-order valence-electron chi connectivity index (χ3n) is 1.61. The first-order valence-electron chi connectivity index (χ1n) is 3.90. The van der Waals surface area contributed by atoms with Gasteiger partial charge in [0.25, 0.3) is 5.56 Å². The summed E-state index contributed by atoms with van der Waals surface area (Å²) >= 11 is 5.39. The van der Waals surface area contributed by atoms with E-state index in [-0.39, 0.29) is 23.4 Å². The van der Waals surface area contributed by atoms with E-state index in [4.69, 9.17) is 11.6 Å². The topological polar surface area (TPSA) is 59.2 Å². The van der Waals surface area contributed by atoms with Gasteiger partial charge in [-0.1, -0.05) is 0 Å². The zero-order valence-corrected chi connectivity index (χ0v) is 8.35. The van der Waals surface area contributed by atoms with Crippen molar-refractivity contribution in [2.75, 3.05) is 0 Å². The number of H-pyrrole nitrogens is 1. The van der Waals surface area contributed by atoms with E-state index in [2.05, 4.69) is 4.74 Å². The average Bonchev–Trinajstić information content (AvgIpc) is 2.18. The van der Waals surface area contributed by atoms with Crippen LogP contribution in [0, 0.1) is 0 Å². The highest BCUT2D eigenvalue weighted by molar-refractivity contribution is 6.17. The van der Waals surface area contributed by atoms with Gasteiger partial charge in [-0.3, -0.25) is 9.59 Å². The smallest absolute Gasteiger partial charge is 0.400 e. The summed E-state index contributed by atoms with van der Waals surface area (Å²) in [6.45, 7) is 0. The molecular formula is C8H5ClF3NO3. The van der Waals surface area contributed by atoms with Crippen molar-refractivity contribution in [2.45, 2.75) is 12.2 Å². The van der Waals surface area contributed by atoms with Crippen molar-refractivity contribution >= 4 is 17.9 Å². The first-order chi connectivity index (χ1) is 7.37. The van der Waals surface area contributed by atoms with E-state index in [0.29, 0.717) is 0 Å². The molecule has 0 aromatic carbocycles. The molecule has 4 nitrogen and oxygen atoms in total. The normalized spacial score (nSPS) is 11.2. The molecule has 0 fully saturated rings. The van der Waals surface area contributed by atoms with Crippen molar-refractivity contribution in [1.29, 1.82) is 0 Å². The number of nitrogens with one attached hydrogen (secondary N) is 1. The predicted octanol–water partition coefficient (Wildman–Crippen LogP) is 1.82. The Labute approximate surface area is 92.0 Å². The zero-order chi connectivity index (χ0) is 12.3. The summed E-state index contributed by atoms with van der Waals surface area (Å²) in [5, 5.41) is 0. The van der Waals surface area contributed by atoms with Crippen LogP contribution < -0.4 is 10.3 Å². The maximum absolute atomic E-state index is 11.9. The molecule has 0 aliphatic carbocycles. The van der Waals surface area contributed by atoms with Gasteiger partial charge in [0, 0.05) is 5.88 Å². The Morgan fingerprint density at radius 2 is 2.12 bits per heavy atom. The highest BCUT2D eigenvalue weighted by atomic mass is 35.5. The Morgan fingerprint density at radius 1 is 1.50 bits per heavy atom. The van der Waals surface area contributed by atoms with E-state index in [1.54, 1.807) is 0 Å². The van der Waals surface area contributed by atoms with Crippen LogP contribution in [-0.4, -0.2) is 17.6 Å². The van der Waals surface area contributed by atoms with Gasteiger partial charge in [0.2, 0.25) is 0 Å². The third kappa shape index (κ3) is 2.99. The summed E-state index contributed by atoms with van der Waals surface area (Å²) in [6, 6.07) is 0.781. The van der Waals surface area contributed by atoms with E-state index in [0.717, 1.165) is 6.07 Å². The van der Waals surface area contributed by atoms with Crippen molar-refractivity contribution in [3.05, 3.63) is 27.7 Å². The number of rotatable bonds is 3. The number of aromatic amines is 1. The average molecular weight is 256 g/mol. The number of hydrogen-bond acceptors (Lipinski definition) is 3. The van der Waals surface area contributed by atoms with E-state index in [1.807, 2.05) is 4.98 Å². The summed E-state index contributed by atoms with van der Waals surface area (Å²) in [6.07, 6.45) is -4.68. The van der Waals surface area contributed by atoms with Crippen molar-refractivity contribution in [2.24, 2.45) is 0 Å². The van der Waals surface area contributed by atoms with E-state index in [1.165, 1.54) is 0 Å². The summed E-state index contributed by atoms with van der Waals surface area (Å²) in [5.41, 5.74) is -1.27. The second kappa shape index (κ2) is 4.56. The van der Waals surface area contributed by atoms with Crippen LogP contribution in [0.1, 0.15) is 16.1 Å². The molecule has 0 radical (unpaired) electrons. The number of ether oxygens (including phenoxy) is 1. The van der Waals surface area contributed by atoms with Gasteiger partial charge >= 0.3 is 6.36 Å². The monoisotopic (exact) mass is 255 g/mol. The molecular weight excluding hydrogens is 251 g/mol. The Balaban J connectivity index is 3.22. The summed E-state index contributed by atoms with van der Waals surface area (Å²) < 4.78 is 39.0. The number of carbonyl (C=O) groups is 1. The Hall–Kier alpha value is -1.50. The Morgan fingerprint density at radius 3 is 2.56 bits per heavy atom. The minimum atomic E-state index is -4.97. The number of aldehydes is 1. The van der Waals surface area contributed by atoms with Crippen LogP contribution in [-0.2, 0) is 5.88 Å². The number of hydrogen-bond donors (Lipinski definition) is 1. The number of alkyl halides is 4. The lowest BCUT2D eigenvalue weighted by Gasteiger charge is -2.09. The van der Waals surface area contributed by atoms with Crippen LogP contribution >= 0.6 is 11.6 Å². The zero-order valence-electron chi connectivity index (χ0n) is 7.60. The van der Waals surface area contributed by atoms with Crippen molar-refractivity contribution in [1.82, 2.24) is 4.98 Å². The minimum absolute atomic E-state index is 0.0514. The Bertz CT molecular complexity index is 455. The molecule has 1 rings (SSSR count). The van der Waals surface area contributed by atoms with Gasteiger partial charge in [0.05, 0.1) is 5.69 Å². The second-order valence-corrected chi connectivity index (χ2v) is 2.97. The van der Waals surface area contributed by atoms with Crippen LogP contribution in [0.2, 0.25) is 0 Å². The molecule has 0 unspecified atom stereocenters. The molecule has 0 saturated heterocycles. The molecule has 8 heteroatoms. The maximum atomic E-state index is 11.9. The van der Waals surface area contributed by atoms with Gasteiger partial charge in [-0.25, -0.2) is 0 Å². The highest BCUT2D eigenvalue weighted by Crippen LogP contribution is 2.21. The molecule has 0 atom stereocenters. The van der Waals surface area contributed by atoms with Crippen molar-refractivity contribution < 1.29 is 22.7 Å². The number of halogens is 4. The molecule has 88 valence electrons. The van der Waals surface area contributed by atoms with E-state index >= 15 is 0 Å². The van der Waals surface area contributed by atoms with E-state index in [9.17, 15) is 22.8 Å². The fourth-order valence-corrected chi connectivity index (χ4v) is 1.20. The molecule has 0 bridgehead atoms. The van der Waals surface area contributed by atoms with Crippen molar-refractivity contribution in [3.8, 4) is 5.75 Å². The molecule has 0 aliphatic heterocycles. The molecule has 0 aliphatic rings. The van der Waals surface area contributed by atoms with Crippen LogP contribution in [0.3, 0.4) is 0 Å². The molecule has 1 N–H and O–H groups in total. The quantitative estimate of drug-likeness (QED) is 0.662. The molecule has 1 aromatic rings. The largest absolute Gasteiger partial charge is 0.573 e. The lowest BCUT2D eigenvalue weighted by molar-refractivity contribution is -0.275. The lowest BCUT2D eigenvalue weighted by Crippen LogP contribution is -2.23. The first-order valence-corrected chi connectivity index (χ1v) is 4.44. The fraction of sp³-hybridized carbons (Fsp3) is 0.250. The SMILES string of the molecule is O=Cc1[nH]c(=O)c(OC(F)(F)F)cc1CCl. The summed E-state index contributed by atoms with van der Waals surface area (Å²) in [5.74, 6) is -1.17. The van der Waals surface area contributed by atoms with E-state index < -0.39 is 17.7 Å². The predicted molar refractivity (Wildman–Crippen MR) is 48.7 cm³/mol. The second-order valence-electron chi connectivity index (χ2n) is 2.70. The molecule has 1 heterocycles. The lowest BCUT2D eigenvalue weighted by atomic mass is 10.2. The van der Waals surface area contributed by atoms with Crippen LogP contribution in [0.4, 0.5) is 13.2 Å². The Kier molecular flexibility index (Phi) is 3.58. The fourth-order valence-electron chi connectivity index (χ4n) is 0.982. The van der Waals surface area contributed by atoms with Crippen LogP contribution in [0.15, 0.2) is 10.9 Å². The molecule has 16 heavy (non-hydrogen) atoms. The maximum Gasteiger partial charge on any atom is 0.573 e. The van der Waals surface area contributed by atoms with Crippen LogP contribution in [0.25, 0.3) is 0 Å². The molecule has 0 amide bonds. The minimum Gasteiger partial charge on any atom is -0.400 e. The molecule has 0 spiro atoms. The van der Waals surface area contributed by atoms with Gasteiger partial charge in [-0.15, -0.1) is 24.8 Å². The van der Waals surface area contributed by atoms with Gasteiger partial charge in [0.15, 0.2) is 12.0 Å². The standard InChI is InChI=1S/C8H5ClF3NO3/c9-2-4-1-6(16-8(10,11)12)7(15)13-5(4)3-14/h1,3H,2H2,(H,13,15). The summed E-state index contributed by atoms with van der Waals surface area (Å²) in [4.78, 5) is 23.4. The van der Waals surface area contributed by atoms with Crippen molar-refractivity contribution in [3.63, 3.8) is 0 Å². The van der Waals surface area contributed by atoms with Gasteiger partial charge in [-0.2, -0.15) is 0 Å². The van der Waals surface area contributed by atoms with Gasteiger partial charge < -0.3 is 9.72 Å².